The first kappa shape index (κ1) is 9.54. The molecule has 1 aliphatic heterocycles. The highest BCUT2D eigenvalue weighted by atomic mass is 16.5. The van der Waals surface area contributed by atoms with Gasteiger partial charge in [-0.1, -0.05) is 35.5 Å². The van der Waals surface area contributed by atoms with E-state index in [1.54, 1.807) is 0 Å². The lowest BCUT2D eigenvalue weighted by Crippen LogP contribution is -2.10. The van der Waals surface area contributed by atoms with E-state index >= 15 is 0 Å². The molecule has 3 rings (SSSR count). The van der Waals surface area contributed by atoms with Crippen LogP contribution >= 0.6 is 0 Å². The zero-order valence-electron chi connectivity index (χ0n) is 8.84. The van der Waals surface area contributed by atoms with E-state index in [0.717, 1.165) is 18.9 Å². The Balaban J connectivity index is 1.90. The lowest BCUT2D eigenvalue weighted by atomic mass is 9.88. The normalized spacial score (nSPS) is 24.8. The highest BCUT2D eigenvalue weighted by Crippen LogP contribution is 2.33. The molecule has 4 heteroatoms. The second-order valence-electron chi connectivity index (χ2n) is 4.07. The van der Waals surface area contributed by atoms with Crippen molar-refractivity contribution in [3.8, 4) is 0 Å². The zero-order valence-corrected chi connectivity index (χ0v) is 8.84. The summed E-state index contributed by atoms with van der Waals surface area (Å²) in [6.07, 6.45) is 1.40. The van der Waals surface area contributed by atoms with E-state index in [4.69, 9.17) is 4.52 Å². The van der Waals surface area contributed by atoms with Gasteiger partial charge in [0.15, 0.2) is 5.82 Å². The minimum Gasteiger partial charge on any atom is -0.343 e. The Morgan fingerprint density at radius 1 is 1.12 bits per heavy atom. The lowest BCUT2D eigenvalue weighted by Gasteiger charge is -2.15. The molecule has 0 bridgehead atoms. The molecule has 0 aliphatic carbocycles. The van der Waals surface area contributed by atoms with Crippen molar-refractivity contribution in [2.75, 3.05) is 13.1 Å². The molecule has 0 unspecified atom stereocenters. The van der Waals surface area contributed by atoms with Gasteiger partial charge in [0.2, 0.25) is 6.39 Å². The second kappa shape index (κ2) is 4.06. The van der Waals surface area contributed by atoms with Crippen LogP contribution < -0.4 is 5.32 Å². The fourth-order valence-electron chi connectivity index (χ4n) is 2.34. The monoisotopic (exact) mass is 215 g/mol. The predicted octanol–water partition coefficient (Wildman–Crippen LogP) is 1.54. The lowest BCUT2D eigenvalue weighted by molar-refractivity contribution is 0.403. The van der Waals surface area contributed by atoms with Crippen LogP contribution in [0.5, 0.6) is 0 Å². The summed E-state index contributed by atoms with van der Waals surface area (Å²) in [4.78, 5) is 4.16. The van der Waals surface area contributed by atoms with Gasteiger partial charge in [-0.2, -0.15) is 4.98 Å². The number of benzene rings is 1. The summed E-state index contributed by atoms with van der Waals surface area (Å²) in [5, 5.41) is 7.34. The molecular weight excluding hydrogens is 202 g/mol. The molecule has 1 aliphatic rings. The quantitative estimate of drug-likeness (QED) is 0.825. The van der Waals surface area contributed by atoms with Gasteiger partial charge in [-0.15, -0.1) is 0 Å². The topological polar surface area (TPSA) is 51.0 Å². The Labute approximate surface area is 93.7 Å². The molecule has 16 heavy (non-hydrogen) atoms. The Bertz CT molecular complexity index is 441. The average molecular weight is 215 g/mol. The van der Waals surface area contributed by atoms with Gasteiger partial charge in [0.05, 0.1) is 0 Å². The minimum absolute atomic E-state index is 0.321. The van der Waals surface area contributed by atoms with Gasteiger partial charge >= 0.3 is 0 Å². The van der Waals surface area contributed by atoms with Crippen molar-refractivity contribution < 1.29 is 4.52 Å². The molecule has 0 amide bonds. The Kier molecular flexibility index (Phi) is 2.42. The van der Waals surface area contributed by atoms with Crippen molar-refractivity contribution in [3.05, 3.63) is 48.1 Å². The number of hydrogen-bond acceptors (Lipinski definition) is 4. The maximum atomic E-state index is 4.82. The van der Waals surface area contributed by atoms with E-state index in [0.29, 0.717) is 11.8 Å². The summed E-state index contributed by atoms with van der Waals surface area (Å²) in [5.41, 5.74) is 1.34. The Morgan fingerprint density at radius 2 is 1.94 bits per heavy atom. The molecule has 0 saturated carbocycles. The first-order chi connectivity index (χ1) is 7.95. The van der Waals surface area contributed by atoms with Gasteiger partial charge in [0.1, 0.15) is 0 Å². The summed E-state index contributed by atoms with van der Waals surface area (Å²) in [6, 6.07) is 10.5. The molecule has 2 atom stereocenters. The van der Waals surface area contributed by atoms with E-state index in [1.807, 2.05) is 6.07 Å². The molecule has 2 heterocycles. The number of hydrogen-bond donors (Lipinski definition) is 1. The number of nitrogens with one attached hydrogen (secondary N) is 1. The van der Waals surface area contributed by atoms with Crippen LogP contribution in [-0.2, 0) is 0 Å². The van der Waals surface area contributed by atoms with Crippen molar-refractivity contribution in [3.63, 3.8) is 0 Å². The molecule has 1 aromatic carbocycles. The summed E-state index contributed by atoms with van der Waals surface area (Å²) < 4.78 is 4.82. The van der Waals surface area contributed by atoms with Gasteiger partial charge in [-0.25, -0.2) is 0 Å². The van der Waals surface area contributed by atoms with Crippen molar-refractivity contribution in [1.29, 1.82) is 0 Å². The van der Waals surface area contributed by atoms with Crippen LogP contribution in [0.15, 0.2) is 41.2 Å². The smallest absolute Gasteiger partial charge is 0.213 e. The van der Waals surface area contributed by atoms with Crippen molar-refractivity contribution in [1.82, 2.24) is 15.5 Å². The maximum absolute atomic E-state index is 4.82. The molecular formula is C12H13N3O. The first-order valence-electron chi connectivity index (χ1n) is 5.47. The van der Waals surface area contributed by atoms with Crippen LogP contribution in [0.2, 0.25) is 0 Å². The van der Waals surface area contributed by atoms with E-state index in [2.05, 4.69) is 39.7 Å². The van der Waals surface area contributed by atoms with Crippen LogP contribution in [0, 0.1) is 0 Å². The van der Waals surface area contributed by atoms with Crippen LogP contribution in [0.1, 0.15) is 23.2 Å². The standard InChI is InChI=1S/C12H13N3O/c1-2-4-9(5-3-1)10-6-13-7-11(10)12-14-8-16-15-12/h1-5,8,10-11,13H,6-7H2/t10-,11+/m1/s1. The molecule has 2 aromatic rings. The van der Waals surface area contributed by atoms with Crippen LogP contribution in [0.4, 0.5) is 0 Å². The van der Waals surface area contributed by atoms with Crippen molar-refractivity contribution >= 4 is 0 Å². The van der Waals surface area contributed by atoms with Crippen LogP contribution in [-0.4, -0.2) is 23.2 Å². The minimum atomic E-state index is 0.321. The fraction of sp³-hybridized carbons (Fsp3) is 0.333. The molecule has 1 N–H and O–H groups in total. The van der Waals surface area contributed by atoms with E-state index in [-0.39, 0.29) is 0 Å². The van der Waals surface area contributed by atoms with Crippen molar-refractivity contribution in [2.24, 2.45) is 0 Å². The molecule has 82 valence electrons. The summed E-state index contributed by atoms with van der Waals surface area (Å²) in [7, 11) is 0. The van der Waals surface area contributed by atoms with Gasteiger partial charge in [-0.3, -0.25) is 0 Å². The predicted molar refractivity (Wildman–Crippen MR) is 59.1 cm³/mol. The third-order valence-electron chi connectivity index (χ3n) is 3.15. The summed E-state index contributed by atoms with van der Waals surface area (Å²) in [6.45, 7) is 1.89. The highest BCUT2D eigenvalue weighted by molar-refractivity contribution is 5.25. The largest absolute Gasteiger partial charge is 0.343 e. The summed E-state index contributed by atoms with van der Waals surface area (Å²) >= 11 is 0. The zero-order chi connectivity index (χ0) is 10.8. The molecule has 1 fully saturated rings. The van der Waals surface area contributed by atoms with Crippen molar-refractivity contribution in [2.45, 2.75) is 11.8 Å². The molecule has 1 aromatic heterocycles. The molecule has 4 nitrogen and oxygen atoms in total. The first-order valence-corrected chi connectivity index (χ1v) is 5.47. The SMILES string of the molecule is c1ccc([C@H]2CNC[C@@H]2c2ncon2)cc1. The molecule has 1 saturated heterocycles. The molecule has 0 spiro atoms. The maximum Gasteiger partial charge on any atom is 0.213 e. The number of rotatable bonds is 2. The van der Waals surface area contributed by atoms with E-state index in [1.165, 1.54) is 12.0 Å². The average Bonchev–Trinajstić information content (AvgIpc) is 3.01. The molecule has 0 radical (unpaired) electrons. The second-order valence-corrected chi connectivity index (χ2v) is 4.07. The van der Waals surface area contributed by atoms with Gasteiger partial charge in [0.25, 0.3) is 0 Å². The van der Waals surface area contributed by atoms with Gasteiger partial charge < -0.3 is 9.84 Å². The van der Waals surface area contributed by atoms with E-state index < -0.39 is 0 Å². The van der Waals surface area contributed by atoms with Gasteiger partial charge in [-0.05, 0) is 5.56 Å². The van der Waals surface area contributed by atoms with Crippen LogP contribution in [0.3, 0.4) is 0 Å². The van der Waals surface area contributed by atoms with Gasteiger partial charge in [0, 0.05) is 24.9 Å². The number of aromatic nitrogens is 2. The third kappa shape index (κ3) is 1.61. The number of nitrogens with zero attached hydrogens (tertiary/aromatic N) is 2. The van der Waals surface area contributed by atoms with E-state index in [9.17, 15) is 0 Å². The highest BCUT2D eigenvalue weighted by Gasteiger charge is 2.32. The summed E-state index contributed by atoms with van der Waals surface area (Å²) in [5.74, 6) is 1.57. The fourth-order valence-corrected chi connectivity index (χ4v) is 2.34. The Hall–Kier alpha value is -1.68. The van der Waals surface area contributed by atoms with Crippen LogP contribution in [0.25, 0.3) is 0 Å². The third-order valence-corrected chi connectivity index (χ3v) is 3.15. The Morgan fingerprint density at radius 3 is 2.69 bits per heavy atom.